The van der Waals surface area contributed by atoms with Crippen molar-refractivity contribution in [1.82, 2.24) is 0 Å². The van der Waals surface area contributed by atoms with Crippen LogP contribution in [0.15, 0.2) is 0 Å². The first-order chi connectivity index (χ1) is 6.73. The molecule has 78 valence electrons. The molecular weight excluding hydrogens is 180 g/mol. The summed E-state index contributed by atoms with van der Waals surface area (Å²) in [5.74, 6) is 1.36. The van der Waals surface area contributed by atoms with Crippen molar-refractivity contribution in [2.24, 2.45) is 17.3 Å². The monoisotopic (exact) mass is 196 g/mol. The lowest BCUT2D eigenvalue weighted by Gasteiger charge is -2.33. The normalized spacial score (nSPS) is 50.4. The number of carbonyl (C=O) groups excluding carboxylic acids is 1. The molecule has 0 N–H and O–H groups in total. The molecule has 0 radical (unpaired) electrons. The Hall–Kier alpha value is -0.570. The second kappa shape index (κ2) is 2.72. The highest BCUT2D eigenvalue weighted by atomic mass is 16.5. The Morgan fingerprint density at radius 2 is 2.36 bits per heavy atom. The highest BCUT2D eigenvalue weighted by Gasteiger charge is 2.58. The molecule has 0 amide bonds. The molecule has 0 aromatic rings. The molecule has 3 nitrogen and oxygen atoms in total. The van der Waals surface area contributed by atoms with Gasteiger partial charge in [0.25, 0.3) is 0 Å². The SMILES string of the molecule is COC1CC2CC1CC21COC(=O)C1. The van der Waals surface area contributed by atoms with Crippen molar-refractivity contribution in [2.45, 2.75) is 31.8 Å². The Kier molecular flexibility index (Phi) is 1.69. The number of methoxy groups -OCH3 is 1. The van der Waals surface area contributed by atoms with Gasteiger partial charge < -0.3 is 9.47 Å². The molecule has 1 saturated heterocycles. The van der Waals surface area contributed by atoms with Crippen LogP contribution in [0.2, 0.25) is 0 Å². The van der Waals surface area contributed by atoms with Gasteiger partial charge in [-0.3, -0.25) is 4.79 Å². The average molecular weight is 196 g/mol. The molecule has 4 unspecified atom stereocenters. The Bertz CT molecular complexity index is 276. The van der Waals surface area contributed by atoms with Crippen molar-refractivity contribution in [2.75, 3.05) is 13.7 Å². The third-order valence-corrected chi connectivity index (χ3v) is 4.48. The Morgan fingerprint density at radius 1 is 1.50 bits per heavy atom. The summed E-state index contributed by atoms with van der Waals surface area (Å²) in [6, 6.07) is 0. The third-order valence-electron chi connectivity index (χ3n) is 4.48. The number of fused-ring (bicyclic) bond motifs is 3. The molecule has 2 bridgehead atoms. The number of esters is 1. The molecular formula is C11H16O3. The van der Waals surface area contributed by atoms with Gasteiger partial charge in [0.1, 0.15) is 0 Å². The minimum atomic E-state index is 0.00603. The summed E-state index contributed by atoms with van der Waals surface area (Å²) in [5, 5.41) is 0. The van der Waals surface area contributed by atoms with E-state index in [1.807, 2.05) is 0 Å². The summed E-state index contributed by atoms with van der Waals surface area (Å²) in [4.78, 5) is 11.2. The van der Waals surface area contributed by atoms with E-state index in [0.717, 1.165) is 12.8 Å². The summed E-state index contributed by atoms with van der Waals surface area (Å²) in [7, 11) is 1.80. The van der Waals surface area contributed by atoms with Crippen molar-refractivity contribution in [3.63, 3.8) is 0 Å². The van der Waals surface area contributed by atoms with Crippen molar-refractivity contribution < 1.29 is 14.3 Å². The van der Waals surface area contributed by atoms with Crippen LogP contribution >= 0.6 is 0 Å². The molecule has 3 heteroatoms. The molecule has 0 aromatic carbocycles. The van der Waals surface area contributed by atoms with E-state index in [-0.39, 0.29) is 11.4 Å². The number of rotatable bonds is 1. The molecule has 1 aliphatic heterocycles. The Balaban J connectivity index is 1.79. The topological polar surface area (TPSA) is 35.5 Å². The number of cyclic esters (lactones) is 1. The Labute approximate surface area is 83.8 Å². The fourth-order valence-corrected chi connectivity index (χ4v) is 3.79. The van der Waals surface area contributed by atoms with E-state index in [0.29, 0.717) is 31.0 Å². The van der Waals surface area contributed by atoms with Crippen molar-refractivity contribution >= 4 is 5.97 Å². The Morgan fingerprint density at radius 3 is 2.86 bits per heavy atom. The first-order valence-electron chi connectivity index (χ1n) is 5.42. The van der Waals surface area contributed by atoms with Crippen LogP contribution in [0, 0.1) is 17.3 Å². The van der Waals surface area contributed by atoms with Gasteiger partial charge >= 0.3 is 5.97 Å². The van der Waals surface area contributed by atoms with Gasteiger partial charge in [0, 0.05) is 12.5 Å². The standard InChI is InChI=1S/C11H16O3/c1-13-9-3-8-2-7(9)4-11(8)5-10(12)14-6-11/h7-9H,2-6H2,1H3. The van der Waals surface area contributed by atoms with E-state index in [9.17, 15) is 4.79 Å². The maximum Gasteiger partial charge on any atom is 0.306 e. The predicted octanol–water partition coefficient (Wildman–Crippen LogP) is 1.36. The van der Waals surface area contributed by atoms with Crippen LogP contribution < -0.4 is 0 Å². The van der Waals surface area contributed by atoms with Crippen LogP contribution in [0.25, 0.3) is 0 Å². The van der Waals surface area contributed by atoms with Crippen LogP contribution in [0.1, 0.15) is 25.7 Å². The zero-order valence-corrected chi connectivity index (χ0v) is 8.49. The van der Waals surface area contributed by atoms with Gasteiger partial charge in [-0.2, -0.15) is 0 Å². The maximum absolute atomic E-state index is 11.2. The number of ether oxygens (including phenoxy) is 2. The summed E-state index contributed by atoms with van der Waals surface area (Å²) in [6.45, 7) is 0.670. The molecule has 1 spiro atoms. The molecule has 2 saturated carbocycles. The summed E-state index contributed by atoms with van der Waals surface area (Å²) in [6.07, 6.45) is 4.63. The molecule has 4 atom stereocenters. The van der Waals surface area contributed by atoms with Gasteiger partial charge in [0.05, 0.1) is 19.1 Å². The van der Waals surface area contributed by atoms with E-state index in [1.165, 1.54) is 6.42 Å². The van der Waals surface area contributed by atoms with Gasteiger partial charge in [0.15, 0.2) is 0 Å². The minimum absolute atomic E-state index is 0.00603. The lowest BCUT2D eigenvalue weighted by atomic mass is 9.72. The lowest BCUT2D eigenvalue weighted by Crippen LogP contribution is -2.33. The molecule has 14 heavy (non-hydrogen) atoms. The lowest BCUT2D eigenvalue weighted by molar-refractivity contribution is -0.137. The summed E-state index contributed by atoms with van der Waals surface area (Å²) >= 11 is 0. The molecule has 3 fully saturated rings. The van der Waals surface area contributed by atoms with E-state index in [4.69, 9.17) is 9.47 Å². The molecule has 0 aromatic heterocycles. The molecule has 1 heterocycles. The first-order valence-corrected chi connectivity index (χ1v) is 5.42. The van der Waals surface area contributed by atoms with Crippen molar-refractivity contribution in [3.05, 3.63) is 0 Å². The van der Waals surface area contributed by atoms with Crippen molar-refractivity contribution in [1.29, 1.82) is 0 Å². The van der Waals surface area contributed by atoms with Crippen LogP contribution in [0.3, 0.4) is 0 Å². The van der Waals surface area contributed by atoms with Crippen LogP contribution in [-0.4, -0.2) is 25.8 Å². The molecule has 3 rings (SSSR count). The molecule has 3 aliphatic rings. The smallest absolute Gasteiger partial charge is 0.306 e. The zero-order valence-electron chi connectivity index (χ0n) is 8.49. The number of hydrogen-bond acceptors (Lipinski definition) is 3. The van der Waals surface area contributed by atoms with E-state index in [1.54, 1.807) is 7.11 Å². The summed E-state index contributed by atoms with van der Waals surface area (Å²) < 4.78 is 10.6. The highest BCUT2D eigenvalue weighted by Crippen LogP contribution is 2.60. The van der Waals surface area contributed by atoms with Gasteiger partial charge in [-0.1, -0.05) is 0 Å². The minimum Gasteiger partial charge on any atom is -0.465 e. The predicted molar refractivity (Wildman–Crippen MR) is 49.6 cm³/mol. The fourth-order valence-electron chi connectivity index (χ4n) is 3.79. The van der Waals surface area contributed by atoms with Gasteiger partial charge in [-0.25, -0.2) is 0 Å². The second-order valence-corrected chi connectivity index (χ2v) is 5.11. The fraction of sp³-hybridized carbons (Fsp3) is 0.909. The van der Waals surface area contributed by atoms with Crippen LogP contribution in [0.5, 0.6) is 0 Å². The number of carbonyl (C=O) groups is 1. The largest absolute Gasteiger partial charge is 0.465 e. The zero-order chi connectivity index (χ0) is 9.76. The molecule has 2 aliphatic carbocycles. The van der Waals surface area contributed by atoms with Gasteiger partial charge in [-0.15, -0.1) is 0 Å². The highest BCUT2D eigenvalue weighted by molar-refractivity contribution is 5.72. The van der Waals surface area contributed by atoms with Gasteiger partial charge in [-0.05, 0) is 31.1 Å². The van der Waals surface area contributed by atoms with Crippen LogP contribution in [-0.2, 0) is 14.3 Å². The van der Waals surface area contributed by atoms with E-state index >= 15 is 0 Å². The average Bonchev–Trinajstić information content (AvgIpc) is 2.80. The second-order valence-electron chi connectivity index (χ2n) is 5.11. The van der Waals surface area contributed by atoms with Gasteiger partial charge in [0.2, 0.25) is 0 Å². The van der Waals surface area contributed by atoms with Crippen molar-refractivity contribution in [3.8, 4) is 0 Å². The third kappa shape index (κ3) is 0.991. The summed E-state index contributed by atoms with van der Waals surface area (Å²) in [5.41, 5.74) is 0.205. The quantitative estimate of drug-likeness (QED) is 0.594. The number of hydrogen-bond donors (Lipinski definition) is 0. The maximum atomic E-state index is 11.2. The van der Waals surface area contributed by atoms with E-state index < -0.39 is 0 Å². The van der Waals surface area contributed by atoms with E-state index in [2.05, 4.69) is 0 Å². The van der Waals surface area contributed by atoms with Crippen LogP contribution in [0.4, 0.5) is 0 Å². The first kappa shape index (κ1) is 8.72.